The molecule has 0 aliphatic heterocycles. The van der Waals surface area contributed by atoms with E-state index in [0.29, 0.717) is 21.0 Å². The van der Waals surface area contributed by atoms with E-state index < -0.39 is 11.9 Å². The number of rotatable bonds is 2. The van der Waals surface area contributed by atoms with Crippen LogP contribution < -0.4 is 0 Å². The van der Waals surface area contributed by atoms with E-state index in [9.17, 15) is 9.50 Å². The normalized spacial score (nSPS) is 12.8. The van der Waals surface area contributed by atoms with Crippen molar-refractivity contribution in [2.24, 2.45) is 0 Å². The van der Waals surface area contributed by atoms with Gasteiger partial charge in [0.05, 0.1) is 10.0 Å². The van der Waals surface area contributed by atoms with Crippen molar-refractivity contribution in [1.29, 1.82) is 0 Å². The molecule has 102 valence electrons. The first-order chi connectivity index (χ1) is 9.56. The lowest BCUT2D eigenvalue weighted by atomic mass is 10.1. The van der Waals surface area contributed by atoms with Crippen molar-refractivity contribution < 1.29 is 13.9 Å². The highest BCUT2D eigenvalue weighted by atomic mass is 35.5. The molecule has 0 aliphatic carbocycles. The fourth-order valence-corrected chi connectivity index (χ4v) is 2.34. The predicted octanol–water partition coefficient (Wildman–Crippen LogP) is 4.96. The van der Waals surface area contributed by atoms with Crippen LogP contribution in [0.5, 0.6) is 0 Å². The van der Waals surface area contributed by atoms with Crippen LogP contribution in [-0.2, 0) is 0 Å². The molecule has 1 unspecified atom stereocenters. The second-order valence-electron chi connectivity index (χ2n) is 4.38. The SMILES string of the molecule is OC(c1ccc(Cl)c(Cl)c1)c1cc2cccc(F)c2o1. The van der Waals surface area contributed by atoms with E-state index in [2.05, 4.69) is 0 Å². The molecule has 0 bridgehead atoms. The molecule has 2 nitrogen and oxygen atoms in total. The van der Waals surface area contributed by atoms with Crippen LogP contribution >= 0.6 is 23.2 Å². The summed E-state index contributed by atoms with van der Waals surface area (Å²) in [7, 11) is 0. The Bertz CT molecular complexity index is 783. The van der Waals surface area contributed by atoms with Crippen LogP contribution in [0, 0.1) is 5.82 Å². The Morgan fingerprint density at radius 1 is 1.05 bits per heavy atom. The van der Waals surface area contributed by atoms with Crippen LogP contribution in [0.25, 0.3) is 11.0 Å². The number of halogens is 3. The second-order valence-corrected chi connectivity index (χ2v) is 5.20. The largest absolute Gasteiger partial charge is 0.455 e. The van der Waals surface area contributed by atoms with Gasteiger partial charge in [-0.25, -0.2) is 4.39 Å². The van der Waals surface area contributed by atoms with E-state index in [0.717, 1.165) is 0 Å². The summed E-state index contributed by atoms with van der Waals surface area (Å²) in [5.74, 6) is -0.210. The maximum absolute atomic E-state index is 13.6. The molecule has 1 aromatic heterocycles. The smallest absolute Gasteiger partial charge is 0.170 e. The van der Waals surface area contributed by atoms with E-state index in [4.69, 9.17) is 27.6 Å². The molecule has 20 heavy (non-hydrogen) atoms. The third-order valence-electron chi connectivity index (χ3n) is 3.04. The summed E-state index contributed by atoms with van der Waals surface area (Å²) in [6, 6.07) is 11.0. The second kappa shape index (κ2) is 5.09. The van der Waals surface area contributed by atoms with E-state index in [-0.39, 0.29) is 11.3 Å². The summed E-state index contributed by atoms with van der Waals surface area (Å²) < 4.78 is 19.0. The Morgan fingerprint density at radius 3 is 2.55 bits per heavy atom. The van der Waals surface area contributed by atoms with Crippen molar-refractivity contribution in [2.75, 3.05) is 0 Å². The van der Waals surface area contributed by atoms with Gasteiger partial charge in [-0.15, -0.1) is 0 Å². The van der Waals surface area contributed by atoms with Crippen molar-refractivity contribution in [3.63, 3.8) is 0 Å². The van der Waals surface area contributed by atoms with Crippen LogP contribution in [0.15, 0.2) is 46.9 Å². The molecular formula is C15H9Cl2FO2. The molecule has 3 rings (SSSR count). The molecular weight excluding hydrogens is 302 g/mol. The number of fused-ring (bicyclic) bond motifs is 1. The van der Waals surface area contributed by atoms with Gasteiger partial charge in [0, 0.05) is 5.39 Å². The number of benzene rings is 2. The molecule has 1 atom stereocenters. The topological polar surface area (TPSA) is 33.4 Å². The van der Waals surface area contributed by atoms with Gasteiger partial charge in [-0.1, -0.05) is 41.4 Å². The molecule has 2 aromatic carbocycles. The summed E-state index contributed by atoms with van der Waals surface area (Å²) in [6.07, 6.45) is -1.03. The van der Waals surface area contributed by atoms with Gasteiger partial charge >= 0.3 is 0 Å². The standard InChI is InChI=1S/C15H9Cl2FO2/c16-10-5-4-8(6-11(10)17)14(19)13-7-9-2-1-3-12(18)15(9)20-13/h1-7,14,19H. The average Bonchev–Trinajstić information content (AvgIpc) is 2.86. The molecule has 0 saturated heterocycles. The Hall–Kier alpha value is -1.55. The van der Waals surface area contributed by atoms with Gasteiger partial charge in [0.25, 0.3) is 0 Å². The van der Waals surface area contributed by atoms with E-state index in [1.54, 1.807) is 36.4 Å². The van der Waals surface area contributed by atoms with Gasteiger partial charge in [0.15, 0.2) is 11.4 Å². The van der Waals surface area contributed by atoms with Gasteiger partial charge in [0.1, 0.15) is 11.9 Å². The number of aliphatic hydroxyl groups is 1. The van der Waals surface area contributed by atoms with Crippen molar-refractivity contribution >= 4 is 34.2 Å². The van der Waals surface area contributed by atoms with Gasteiger partial charge in [-0.2, -0.15) is 0 Å². The molecule has 0 fully saturated rings. The fourth-order valence-electron chi connectivity index (χ4n) is 2.03. The minimum Gasteiger partial charge on any atom is -0.455 e. The highest BCUT2D eigenvalue weighted by Gasteiger charge is 2.18. The Balaban J connectivity index is 2.05. The summed E-state index contributed by atoms with van der Waals surface area (Å²) in [5.41, 5.74) is 0.653. The molecule has 0 amide bonds. The highest BCUT2D eigenvalue weighted by Crippen LogP contribution is 2.32. The number of para-hydroxylation sites is 1. The third-order valence-corrected chi connectivity index (χ3v) is 3.78. The van der Waals surface area contributed by atoms with Gasteiger partial charge < -0.3 is 9.52 Å². The number of hydrogen-bond donors (Lipinski definition) is 1. The van der Waals surface area contributed by atoms with Crippen LogP contribution in [0.3, 0.4) is 0 Å². The molecule has 5 heteroatoms. The molecule has 1 N–H and O–H groups in total. The Labute approximate surface area is 124 Å². The zero-order valence-corrected chi connectivity index (χ0v) is 11.6. The van der Waals surface area contributed by atoms with Crippen LogP contribution in [-0.4, -0.2) is 5.11 Å². The van der Waals surface area contributed by atoms with E-state index in [1.807, 2.05) is 0 Å². The first-order valence-electron chi connectivity index (χ1n) is 5.87. The molecule has 0 spiro atoms. The number of hydrogen-bond acceptors (Lipinski definition) is 2. The lowest BCUT2D eigenvalue weighted by Crippen LogP contribution is -1.97. The first kappa shape index (κ1) is 13.4. The average molecular weight is 311 g/mol. The summed E-state index contributed by atoms with van der Waals surface area (Å²) >= 11 is 11.7. The van der Waals surface area contributed by atoms with E-state index >= 15 is 0 Å². The Kier molecular flexibility index (Phi) is 3.42. The summed E-state index contributed by atoms with van der Waals surface area (Å²) in [6.45, 7) is 0. The maximum atomic E-state index is 13.6. The van der Waals surface area contributed by atoms with Crippen LogP contribution in [0.2, 0.25) is 10.0 Å². The van der Waals surface area contributed by atoms with Crippen molar-refractivity contribution in [3.8, 4) is 0 Å². The quantitative estimate of drug-likeness (QED) is 0.725. The third kappa shape index (κ3) is 2.29. The molecule has 0 saturated carbocycles. The maximum Gasteiger partial charge on any atom is 0.170 e. The monoisotopic (exact) mass is 310 g/mol. The minimum absolute atomic E-state index is 0.126. The molecule has 0 radical (unpaired) electrons. The zero-order valence-electron chi connectivity index (χ0n) is 10.1. The van der Waals surface area contributed by atoms with Gasteiger partial charge in [0.2, 0.25) is 0 Å². The lowest BCUT2D eigenvalue weighted by Gasteiger charge is -2.08. The van der Waals surface area contributed by atoms with Crippen molar-refractivity contribution in [3.05, 3.63) is 69.7 Å². The fraction of sp³-hybridized carbons (Fsp3) is 0.0667. The Morgan fingerprint density at radius 2 is 1.85 bits per heavy atom. The van der Waals surface area contributed by atoms with Crippen LogP contribution in [0.4, 0.5) is 4.39 Å². The first-order valence-corrected chi connectivity index (χ1v) is 6.63. The predicted molar refractivity (Wildman–Crippen MR) is 76.7 cm³/mol. The van der Waals surface area contributed by atoms with Crippen molar-refractivity contribution in [1.82, 2.24) is 0 Å². The summed E-state index contributed by atoms with van der Waals surface area (Å²) in [4.78, 5) is 0. The lowest BCUT2D eigenvalue weighted by molar-refractivity contribution is 0.192. The molecule has 0 aliphatic rings. The van der Waals surface area contributed by atoms with Gasteiger partial charge in [-0.3, -0.25) is 0 Å². The van der Waals surface area contributed by atoms with Crippen LogP contribution in [0.1, 0.15) is 17.4 Å². The zero-order chi connectivity index (χ0) is 14.3. The minimum atomic E-state index is -1.03. The summed E-state index contributed by atoms with van der Waals surface area (Å²) in [5, 5.41) is 11.6. The molecule has 3 aromatic rings. The number of furan rings is 1. The van der Waals surface area contributed by atoms with Gasteiger partial charge in [-0.05, 0) is 29.8 Å². The molecule has 1 heterocycles. The number of aliphatic hydroxyl groups excluding tert-OH is 1. The van der Waals surface area contributed by atoms with E-state index in [1.165, 1.54) is 6.07 Å². The highest BCUT2D eigenvalue weighted by molar-refractivity contribution is 6.42. The van der Waals surface area contributed by atoms with Crippen molar-refractivity contribution in [2.45, 2.75) is 6.10 Å².